The normalized spacial score (nSPS) is 11.5. The van der Waals surface area contributed by atoms with Gasteiger partial charge in [-0.25, -0.2) is 22.8 Å². The van der Waals surface area contributed by atoms with E-state index >= 15 is 0 Å². The number of aromatic nitrogens is 3. The summed E-state index contributed by atoms with van der Waals surface area (Å²) in [6.07, 6.45) is -2.19. The summed E-state index contributed by atoms with van der Waals surface area (Å²) in [6.45, 7) is -0.471. The number of carbonyl (C=O) groups excluding carboxylic acids is 2. The van der Waals surface area contributed by atoms with Crippen molar-refractivity contribution in [2.45, 2.75) is 12.7 Å². The van der Waals surface area contributed by atoms with Crippen molar-refractivity contribution in [3.05, 3.63) is 59.2 Å². The number of primary amides is 1. The van der Waals surface area contributed by atoms with Gasteiger partial charge in [0.15, 0.2) is 11.6 Å². The van der Waals surface area contributed by atoms with Gasteiger partial charge in [0, 0.05) is 31.5 Å². The Morgan fingerprint density at radius 2 is 1.95 bits per heavy atom. The number of hydrogen-bond acceptors (Lipinski definition) is 10. The van der Waals surface area contributed by atoms with Crippen LogP contribution < -0.4 is 25.4 Å². The maximum Gasteiger partial charge on any atom is 0.421 e. The highest BCUT2D eigenvalue weighted by Crippen LogP contribution is 2.35. The fourth-order valence-electron chi connectivity index (χ4n) is 3.10. The zero-order valence-electron chi connectivity index (χ0n) is 19.6. The smallest absolute Gasteiger partial charge is 0.421 e. The molecule has 0 saturated heterocycles. The first-order valence-corrected chi connectivity index (χ1v) is 12.1. The number of nitrogens with two attached hydrogens (primary N) is 1. The second kappa shape index (κ2) is 10.8. The van der Waals surface area contributed by atoms with E-state index in [0.717, 1.165) is 22.7 Å². The van der Waals surface area contributed by atoms with Gasteiger partial charge >= 0.3 is 6.18 Å². The molecule has 2 heterocycles. The van der Waals surface area contributed by atoms with Crippen molar-refractivity contribution in [1.29, 1.82) is 0 Å². The number of nitrogens with one attached hydrogen (secondary N) is 2. The molecule has 0 fully saturated rings. The summed E-state index contributed by atoms with van der Waals surface area (Å²) in [6, 6.07) is 4.96. The number of carbonyl (C=O) groups is 2. The number of alkyl halides is 3. The van der Waals surface area contributed by atoms with Gasteiger partial charge in [-0.2, -0.15) is 18.2 Å². The highest BCUT2D eigenvalue weighted by molar-refractivity contribution is 7.92. The van der Waals surface area contributed by atoms with E-state index in [1.165, 1.54) is 25.4 Å². The van der Waals surface area contributed by atoms with E-state index in [2.05, 4.69) is 30.3 Å². The van der Waals surface area contributed by atoms with Crippen LogP contribution in [0.25, 0.3) is 0 Å². The molecule has 4 N–H and O–H groups in total. The Bertz CT molecular complexity index is 1490. The minimum absolute atomic E-state index is 0.0252. The van der Waals surface area contributed by atoms with E-state index < -0.39 is 62.3 Å². The van der Waals surface area contributed by atoms with Gasteiger partial charge in [-0.15, -0.1) is 0 Å². The Morgan fingerprint density at radius 3 is 2.55 bits per heavy atom. The number of nitrogens with zero attached hydrogens (tertiary/aromatic N) is 4. The molecule has 3 rings (SSSR count). The number of hydrogen-bond donors (Lipinski definition) is 3. The molecule has 12 nitrogen and oxygen atoms in total. The largest absolute Gasteiger partial charge is 0.425 e. The molecule has 0 radical (unpaired) electrons. The van der Waals surface area contributed by atoms with Crippen molar-refractivity contribution in [2.24, 2.45) is 5.73 Å². The molecule has 0 aliphatic heterocycles. The third-order valence-corrected chi connectivity index (χ3v) is 6.15. The monoisotopic (exact) mass is 557 g/mol. The van der Waals surface area contributed by atoms with Gasteiger partial charge in [0.25, 0.3) is 12.4 Å². The minimum atomic E-state index is -4.89. The molecule has 17 heteroatoms. The average Bonchev–Trinajstić information content (AvgIpc) is 2.83. The SMILES string of the molecule is CN(c1ncccc1CNc1nc(Nc2ccc(C(N)=O)c(OC=O)c2F)ncc1C(F)(F)F)S(C)(=O)=O. The van der Waals surface area contributed by atoms with Crippen LogP contribution in [0.2, 0.25) is 0 Å². The van der Waals surface area contributed by atoms with Crippen molar-refractivity contribution < 1.29 is 40.3 Å². The average molecular weight is 557 g/mol. The Hall–Kier alpha value is -4.54. The molecule has 1 amide bonds. The zero-order chi connectivity index (χ0) is 28.3. The molecule has 38 heavy (non-hydrogen) atoms. The van der Waals surface area contributed by atoms with Gasteiger partial charge < -0.3 is 21.1 Å². The lowest BCUT2D eigenvalue weighted by atomic mass is 10.1. The molecule has 0 spiro atoms. The lowest BCUT2D eigenvalue weighted by Crippen LogP contribution is -2.27. The number of amides is 1. The van der Waals surface area contributed by atoms with Gasteiger partial charge in [0.1, 0.15) is 17.2 Å². The van der Waals surface area contributed by atoms with Crippen LogP contribution in [0.5, 0.6) is 5.75 Å². The summed E-state index contributed by atoms with van der Waals surface area (Å²) in [5.74, 6) is -4.39. The fraction of sp³-hybridized carbons (Fsp3) is 0.190. The van der Waals surface area contributed by atoms with E-state index in [-0.39, 0.29) is 24.4 Å². The zero-order valence-corrected chi connectivity index (χ0v) is 20.4. The topological polar surface area (TPSA) is 170 Å². The third-order valence-electron chi connectivity index (χ3n) is 4.98. The summed E-state index contributed by atoms with van der Waals surface area (Å²) in [5, 5.41) is 4.83. The summed E-state index contributed by atoms with van der Waals surface area (Å²) in [7, 11) is -2.49. The highest BCUT2D eigenvalue weighted by Gasteiger charge is 2.35. The minimum Gasteiger partial charge on any atom is -0.425 e. The Balaban J connectivity index is 1.98. The second-order valence-corrected chi connectivity index (χ2v) is 9.54. The quantitative estimate of drug-likeness (QED) is 0.249. The van der Waals surface area contributed by atoms with Gasteiger partial charge in [0.2, 0.25) is 16.0 Å². The van der Waals surface area contributed by atoms with Crippen LogP contribution in [0.15, 0.2) is 36.7 Å². The molecule has 0 aliphatic carbocycles. The van der Waals surface area contributed by atoms with Gasteiger partial charge in [-0.3, -0.25) is 13.9 Å². The molecule has 1 aromatic carbocycles. The summed E-state index contributed by atoms with van der Waals surface area (Å²) in [4.78, 5) is 33.5. The molecular weight excluding hydrogens is 538 g/mol. The van der Waals surface area contributed by atoms with Crippen LogP contribution in [0, 0.1) is 5.82 Å². The highest BCUT2D eigenvalue weighted by atomic mass is 32.2. The van der Waals surface area contributed by atoms with Crippen LogP contribution in [0.4, 0.5) is 40.8 Å². The number of pyridine rings is 1. The maximum absolute atomic E-state index is 14.9. The first-order valence-electron chi connectivity index (χ1n) is 10.3. The Morgan fingerprint density at radius 1 is 1.24 bits per heavy atom. The molecule has 202 valence electrons. The first-order chi connectivity index (χ1) is 17.7. The second-order valence-electron chi connectivity index (χ2n) is 7.53. The van der Waals surface area contributed by atoms with E-state index in [0.29, 0.717) is 6.20 Å². The van der Waals surface area contributed by atoms with E-state index in [4.69, 9.17) is 5.73 Å². The van der Waals surface area contributed by atoms with E-state index in [1.807, 2.05) is 0 Å². The molecule has 2 aromatic heterocycles. The van der Waals surface area contributed by atoms with Crippen molar-refractivity contribution >= 4 is 45.7 Å². The van der Waals surface area contributed by atoms with E-state index in [9.17, 15) is 35.6 Å². The van der Waals surface area contributed by atoms with Gasteiger partial charge in [0.05, 0.1) is 17.5 Å². The number of ether oxygens (including phenoxy) is 1. The molecule has 0 atom stereocenters. The molecule has 0 unspecified atom stereocenters. The van der Waals surface area contributed by atoms with Crippen LogP contribution in [-0.4, -0.2) is 49.1 Å². The molecule has 0 aliphatic rings. The molecular formula is C21H19F4N7O5S. The third kappa shape index (κ3) is 6.23. The van der Waals surface area contributed by atoms with Crippen LogP contribution >= 0.6 is 0 Å². The number of benzene rings is 1. The van der Waals surface area contributed by atoms with Crippen LogP contribution in [0.3, 0.4) is 0 Å². The molecule has 0 saturated carbocycles. The molecule has 3 aromatic rings. The summed E-state index contributed by atoms with van der Waals surface area (Å²) in [5.41, 5.74) is 3.19. The fourth-order valence-corrected chi connectivity index (χ4v) is 3.58. The Labute approximate surface area is 212 Å². The van der Waals surface area contributed by atoms with Crippen molar-refractivity contribution in [3.63, 3.8) is 0 Å². The summed E-state index contributed by atoms with van der Waals surface area (Å²) < 4.78 is 84.9. The number of sulfonamides is 1. The van der Waals surface area contributed by atoms with Crippen molar-refractivity contribution in [1.82, 2.24) is 15.0 Å². The predicted molar refractivity (Wildman–Crippen MR) is 127 cm³/mol. The lowest BCUT2D eigenvalue weighted by Gasteiger charge is -2.20. The van der Waals surface area contributed by atoms with Crippen molar-refractivity contribution in [3.8, 4) is 5.75 Å². The lowest BCUT2D eigenvalue weighted by molar-refractivity contribution is -0.137. The van der Waals surface area contributed by atoms with E-state index in [1.54, 1.807) is 0 Å². The first kappa shape index (κ1) is 28.0. The number of anilines is 4. The van der Waals surface area contributed by atoms with Gasteiger partial charge in [-0.1, -0.05) is 6.07 Å². The number of halogens is 4. The van der Waals surface area contributed by atoms with Crippen LogP contribution in [-0.2, 0) is 27.5 Å². The Kier molecular flexibility index (Phi) is 7.99. The number of rotatable bonds is 10. The molecule has 0 bridgehead atoms. The predicted octanol–water partition coefficient (Wildman–Crippen LogP) is 2.42. The maximum atomic E-state index is 14.9. The summed E-state index contributed by atoms with van der Waals surface area (Å²) >= 11 is 0. The van der Waals surface area contributed by atoms with Crippen LogP contribution in [0.1, 0.15) is 21.5 Å². The van der Waals surface area contributed by atoms with Crippen molar-refractivity contribution in [2.75, 3.05) is 28.2 Å². The standard InChI is InChI=1S/C21H19F4N7O5S/c1-32(38(2,35)36)19-11(4-3-7-27-19)8-28-18-13(21(23,24)25)9-29-20(31-18)30-14-6-5-12(17(26)34)16(15(14)22)37-10-33/h3-7,9-10H,8H2,1-2H3,(H2,26,34)(H2,28,29,30,31). The van der Waals surface area contributed by atoms with Gasteiger partial charge in [-0.05, 0) is 18.2 Å².